The SMILES string of the molecule is CCC(C)Oc1ccc(Br)c(OC(C)CC)c1. The van der Waals surface area contributed by atoms with Gasteiger partial charge in [0.25, 0.3) is 0 Å². The number of rotatable bonds is 6. The highest BCUT2D eigenvalue weighted by Gasteiger charge is 2.08. The second-order valence-corrected chi connectivity index (χ2v) is 5.12. The van der Waals surface area contributed by atoms with E-state index in [4.69, 9.17) is 9.47 Å². The largest absolute Gasteiger partial charge is 0.491 e. The minimum atomic E-state index is 0.213. The Labute approximate surface area is 112 Å². The van der Waals surface area contributed by atoms with Crippen molar-refractivity contribution in [1.29, 1.82) is 0 Å². The highest BCUT2D eigenvalue weighted by Crippen LogP contribution is 2.31. The highest BCUT2D eigenvalue weighted by molar-refractivity contribution is 9.10. The molecule has 0 spiro atoms. The molecule has 0 amide bonds. The molecule has 0 saturated carbocycles. The van der Waals surface area contributed by atoms with Crippen LogP contribution in [0.5, 0.6) is 11.5 Å². The lowest BCUT2D eigenvalue weighted by Crippen LogP contribution is -2.12. The van der Waals surface area contributed by atoms with Gasteiger partial charge in [-0.25, -0.2) is 0 Å². The van der Waals surface area contributed by atoms with Crippen LogP contribution in [0.2, 0.25) is 0 Å². The number of hydrogen-bond donors (Lipinski definition) is 0. The van der Waals surface area contributed by atoms with E-state index in [0.29, 0.717) is 0 Å². The van der Waals surface area contributed by atoms with Crippen molar-refractivity contribution in [2.75, 3.05) is 0 Å². The van der Waals surface area contributed by atoms with Crippen LogP contribution < -0.4 is 9.47 Å². The first kappa shape index (κ1) is 14.4. The van der Waals surface area contributed by atoms with E-state index in [1.54, 1.807) is 0 Å². The minimum Gasteiger partial charge on any atom is -0.491 e. The van der Waals surface area contributed by atoms with E-state index in [1.807, 2.05) is 18.2 Å². The summed E-state index contributed by atoms with van der Waals surface area (Å²) >= 11 is 3.49. The Morgan fingerprint density at radius 1 is 1.06 bits per heavy atom. The van der Waals surface area contributed by atoms with Crippen molar-refractivity contribution in [1.82, 2.24) is 0 Å². The monoisotopic (exact) mass is 300 g/mol. The molecule has 0 fully saturated rings. The zero-order valence-electron chi connectivity index (χ0n) is 11.0. The Hall–Kier alpha value is -0.700. The predicted molar refractivity (Wildman–Crippen MR) is 74.9 cm³/mol. The van der Waals surface area contributed by atoms with Gasteiger partial charge in [0, 0.05) is 6.07 Å². The van der Waals surface area contributed by atoms with Crippen LogP contribution in [0.3, 0.4) is 0 Å². The molecule has 1 aromatic rings. The molecule has 0 bridgehead atoms. The van der Waals surface area contributed by atoms with Crippen LogP contribution in [0, 0.1) is 0 Å². The average Bonchev–Trinajstić information content (AvgIpc) is 2.33. The van der Waals surface area contributed by atoms with E-state index in [-0.39, 0.29) is 12.2 Å². The quantitative estimate of drug-likeness (QED) is 0.751. The van der Waals surface area contributed by atoms with Crippen molar-refractivity contribution in [3.05, 3.63) is 22.7 Å². The van der Waals surface area contributed by atoms with E-state index in [1.165, 1.54) is 0 Å². The molecule has 0 aliphatic carbocycles. The van der Waals surface area contributed by atoms with Gasteiger partial charge in [0.2, 0.25) is 0 Å². The third-order valence-electron chi connectivity index (χ3n) is 2.72. The predicted octanol–water partition coefficient (Wildman–Crippen LogP) is 4.80. The molecule has 1 rings (SSSR count). The van der Waals surface area contributed by atoms with Gasteiger partial charge in [-0.1, -0.05) is 13.8 Å². The summed E-state index contributed by atoms with van der Waals surface area (Å²) in [5, 5.41) is 0. The summed E-state index contributed by atoms with van der Waals surface area (Å²) in [5.41, 5.74) is 0. The molecule has 3 heteroatoms. The zero-order valence-corrected chi connectivity index (χ0v) is 12.6. The van der Waals surface area contributed by atoms with Crippen LogP contribution >= 0.6 is 15.9 Å². The number of benzene rings is 1. The van der Waals surface area contributed by atoms with E-state index in [9.17, 15) is 0 Å². The van der Waals surface area contributed by atoms with Gasteiger partial charge in [-0.15, -0.1) is 0 Å². The van der Waals surface area contributed by atoms with Gasteiger partial charge in [0.15, 0.2) is 0 Å². The number of ether oxygens (including phenoxy) is 2. The topological polar surface area (TPSA) is 18.5 Å². The zero-order chi connectivity index (χ0) is 12.8. The summed E-state index contributed by atoms with van der Waals surface area (Å²) in [5.74, 6) is 1.71. The lowest BCUT2D eigenvalue weighted by atomic mass is 10.2. The van der Waals surface area contributed by atoms with Crippen LogP contribution in [0.15, 0.2) is 22.7 Å². The first-order valence-corrected chi connectivity index (χ1v) is 6.99. The highest BCUT2D eigenvalue weighted by atomic mass is 79.9. The van der Waals surface area contributed by atoms with Gasteiger partial charge in [-0.3, -0.25) is 0 Å². The Morgan fingerprint density at radius 3 is 2.24 bits per heavy atom. The first-order chi connectivity index (χ1) is 8.06. The maximum Gasteiger partial charge on any atom is 0.137 e. The van der Waals surface area contributed by atoms with E-state index < -0.39 is 0 Å². The molecule has 96 valence electrons. The van der Waals surface area contributed by atoms with E-state index in [2.05, 4.69) is 43.6 Å². The fraction of sp³-hybridized carbons (Fsp3) is 0.571. The van der Waals surface area contributed by atoms with Crippen molar-refractivity contribution < 1.29 is 9.47 Å². The summed E-state index contributed by atoms with van der Waals surface area (Å²) < 4.78 is 12.6. The Balaban J connectivity index is 2.79. The van der Waals surface area contributed by atoms with Gasteiger partial charge in [0.1, 0.15) is 11.5 Å². The lowest BCUT2D eigenvalue weighted by molar-refractivity contribution is 0.204. The third kappa shape index (κ3) is 4.58. The normalized spacial score (nSPS) is 14.2. The maximum atomic E-state index is 5.82. The summed E-state index contributed by atoms with van der Waals surface area (Å²) in [6.45, 7) is 8.35. The van der Waals surface area contributed by atoms with E-state index >= 15 is 0 Å². The molecular formula is C14H21BrO2. The van der Waals surface area contributed by atoms with Crippen LogP contribution in [0.4, 0.5) is 0 Å². The summed E-state index contributed by atoms with van der Waals surface area (Å²) in [6, 6.07) is 5.87. The minimum absolute atomic E-state index is 0.213. The van der Waals surface area contributed by atoms with Crippen molar-refractivity contribution in [2.45, 2.75) is 52.7 Å². The molecule has 0 aliphatic heterocycles. The van der Waals surface area contributed by atoms with Gasteiger partial charge in [-0.05, 0) is 54.8 Å². The molecule has 0 aliphatic rings. The second kappa shape index (κ2) is 6.90. The standard InChI is InChI=1S/C14H21BrO2/c1-5-10(3)16-12-7-8-13(15)14(9-12)17-11(4)6-2/h7-11H,5-6H2,1-4H3. The Morgan fingerprint density at radius 2 is 1.65 bits per heavy atom. The third-order valence-corrected chi connectivity index (χ3v) is 3.37. The smallest absolute Gasteiger partial charge is 0.137 e. The molecule has 0 N–H and O–H groups in total. The molecule has 2 nitrogen and oxygen atoms in total. The molecule has 1 aromatic carbocycles. The summed E-state index contributed by atoms with van der Waals surface area (Å²) in [7, 11) is 0. The fourth-order valence-electron chi connectivity index (χ4n) is 1.26. The Bertz CT molecular complexity index is 352. The van der Waals surface area contributed by atoms with Gasteiger partial charge in [-0.2, -0.15) is 0 Å². The van der Waals surface area contributed by atoms with Crippen molar-refractivity contribution >= 4 is 15.9 Å². The van der Waals surface area contributed by atoms with Gasteiger partial charge >= 0.3 is 0 Å². The molecule has 2 unspecified atom stereocenters. The Kier molecular flexibility index (Phi) is 5.83. The van der Waals surface area contributed by atoms with Crippen molar-refractivity contribution in [3.63, 3.8) is 0 Å². The fourth-order valence-corrected chi connectivity index (χ4v) is 1.60. The molecule has 0 aromatic heterocycles. The summed E-state index contributed by atoms with van der Waals surface area (Å²) in [4.78, 5) is 0. The van der Waals surface area contributed by atoms with Crippen LogP contribution in [-0.4, -0.2) is 12.2 Å². The molecule has 17 heavy (non-hydrogen) atoms. The van der Waals surface area contributed by atoms with Gasteiger partial charge in [0.05, 0.1) is 16.7 Å². The molecule has 2 atom stereocenters. The maximum absolute atomic E-state index is 5.82. The second-order valence-electron chi connectivity index (χ2n) is 4.27. The van der Waals surface area contributed by atoms with Crippen molar-refractivity contribution in [2.24, 2.45) is 0 Å². The molecule has 0 heterocycles. The number of halogens is 1. The van der Waals surface area contributed by atoms with Crippen molar-refractivity contribution in [3.8, 4) is 11.5 Å². The van der Waals surface area contributed by atoms with E-state index in [0.717, 1.165) is 28.8 Å². The lowest BCUT2D eigenvalue weighted by Gasteiger charge is -2.17. The van der Waals surface area contributed by atoms with Crippen LogP contribution in [0.1, 0.15) is 40.5 Å². The molecular weight excluding hydrogens is 280 g/mol. The molecule has 0 radical (unpaired) electrons. The summed E-state index contributed by atoms with van der Waals surface area (Å²) in [6.07, 6.45) is 2.43. The van der Waals surface area contributed by atoms with Crippen LogP contribution in [-0.2, 0) is 0 Å². The first-order valence-electron chi connectivity index (χ1n) is 6.19. The average molecular weight is 301 g/mol. The van der Waals surface area contributed by atoms with Crippen LogP contribution in [0.25, 0.3) is 0 Å². The van der Waals surface area contributed by atoms with Gasteiger partial charge < -0.3 is 9.47 Å². The molecule has 0 saturated heterocycles. The number of hydrogen-bond acceptors (Lipinski definition) is 2.